The number of benzene rings is 2. The molecule has 0 spiro atoms. The van der Waals surface area contributed by atoms with Gasteiger partial charge in [0, 0.05) is 15.7 Å². The van der Waals surface area contributed by atoms with Crippen LogP contribution in [0.2, 0.25) is 0 Å². The zero-order valence-electron chi connectivity index (χ0n) is 17.4. The summed E-state index contributed by atoms with van der Waals surface area (Å²) < 4.78 is 1.07. The quantitative estimate of drug-likeness (QED) is 0.357. The van der Waals surface area contributed by atoms with E-state index in [9.17, 15) is 14.4 Å². The van der Waals surface area contributed by atoms with Crippen LogP contribution >= 0.6 is 22.6 Å². The molecule has 32 heavy (non-hydrogen) atoms. The van der Waals surface area contributed by atoms with Gasteiger partial charge in [0.05, 0.1) is 11.8 Å². The van der Waals surface area contributed by atoms with Crippen molar-refractivity contribution in [3.63, 3.8) is 0 Å². The summed E-state index contributed by atoms with van der Waals surface area (Å²) in [5.74, 6) is 0.123. The lowest BCUT2D eigenvalue weighted by molar-refractivity contribution is -0.146. The van der Waals surface area contributed by atoms with E-state index in [0.29, 0.717) is 23.9 Å². The molecule has 1 heterocycles. The first-order valence-electron chi connectivity index (χ1n) is 11.2. The average Bonchev–Trinajstić information content (AvgIpc) is 3.58. The molecule has 7 atom stereocenters. The van der Waals surface area contributed by atoms with Crippen LogP contribution < -0.4 is 5.32 Å². The molecule has 5 aliphatic rings. The molecular formula is C26H23IN2O3. The highest BCUT2D eigenvalue weighted by Crippen LogP contribution is 2.65. The van der Waals surface area contributed by atoms with Gasteiger partial charge in [-0.2, -0.15) is 0 Å². The standard InChI is InChI=1S/C26H23IN2O3/c27-15-6-8-16(9-7-15)28-24(30)21(12-14-4-2-1-3-5-14)29-25(31)22-17-10-11-18(20-13-19(17)20)23(22)26(29)32/h1-11,17-23H,12-13H2,(H,28,30)/t17-,18-,19-,20-,21-,22+,23+/m1/s1. The Morgan fingerprint density at radius 1 is 0.938 bits per heavy atom. The van der Waals surface area contributed by atoms with Crippen LogP contribution in [0.15, 0.2) is 66.7 Å². The van der Waals surface area contributed by atoms with Crippen LogP contribution in [0.25, 0.3) is 0 Å². The van der Waals surface area contributed by atoms with Crippen molar-refractivity contribution >= 4 is 46.0 Å². The molecule has 0 unspecified atom stereocenters. The minimum atomic E-state index is -0.863. The Morgan fingerprint density at radius 3 is 2.12 bits per heavy atom. The van der Waals surface area contributed by atoms with Crippen molar-refractivity contribution in [2.24, 2.45) is 35.5 Å². The van der Waals surface area contributed by atoms with Crippen molar-refractivity contribution < 1.29 is 14.4 Å². The number of nitrogens with zero attached hydrogens (tertiary/aromatic N) is 1. The molecule has 0 radical (unpaired) electrons. The van der Waals surface area contributed by atoms with Gasteiger partial charge in [-0.25, -0.2) is 0 Å². The lowest BCUT2D eigenvalue weighted by Gasteiger charge is -2.37. The second-order valence-corrected chi connectivity index (χ2v) is 10.6. The zero-order valence-corrected chi connectivity index (χ0v) is 19.5. The van der Waals surface area contributed by atoms with E-state index in [2.05, 4.69) is 40.1 Å². The maximum atomic E-state index is 13.6. The third-order valence-electron chi connectivity index (χ3n) is 7.69. The Morgan fingerprint density at radius 2 is 1.53 bits per heavy atom. The van der Waals surface area contributed by atoms with Crippen LogP contribution in [0.3, 0.4) is 0 Å². The van der Waals surface area contributed by atoms with Gasteiger partial charge in [0.15, 0.2) is 0 Å². The fraction of sp³-hybridized carbons (Fsp3) is 0.346. The molecule has 5 nitrogen and oxygen atoms in total. The molecule has 162 valence electrons. The van der Waals surface area contributed by atoms with E-state index >= 15 is 0 Å². The number of rotatable bonds is 5. The summed E-state index contributed by atoms with van der Waals surface area (Å²) in [5, 5.41) is 2.94. The molecule has 4 aliphatic carbocycles. The number of anilines is 1. The number of nitrogens with one attached hydrogen (secondary N) is 1. The Hall–Kier alpha value is -2.48. The second-order valence-electron chi connectivity index (χ2n) is 9.40. The van der Waals surface area contributed by atoms with Crippen molar-refractivity contribution in [2.45, 2.75) is 18.9 Å². The molecule has 3 fully saturated rings. The predicted octanol–water partition coefficient (Wildman–Crippen LogP) is 3.89. The Bertz CT molecular complexity index is 1090. The third kappa shape index (κ3) is 3.14. The van der Waals surface area contributed by atoms with Gasteiger partial charge < -0.3 is 5.32 Å². The van der Waals surface area contributed by atoms with Gasteiger partial charge in [-0.1, -0.05) is 42.5 Å². The zero-order chi connectivity index (χ0) is 22.0. The molecule has 2 bridgehead atoms. The van der Waals surface area contributed by atoms with Gasteiger partial charge in [0.2, 0.25) is 17.7 Å². The first-order valence-corrected chi connectivity index (χ1v) is 12.3. The van der Waals surface area contributed by atoms with Gasteiger partial charge >= 0.3 is 0 Å². The summed E-state index contributed by atoms with van der Waals surface area (Å²) in [4.78, 5) is 42.0. The van der Waals surface area contributed by atoms with Crippen LogP contribution in [0.5, 0.6) is 0 Å². The predicted molar refractivity (Wildman–Crippen MR) is 128 cm³/mol. The number of likely N-dealkylation sites (tertiary alicyclic amines) is 1. The van der Waals surface area contributed by atoms with Crippen molar-refractivity contribution in [1.82, 2.24) is 4.90 Å². The molecule has 2 aromatic carbocycles. The van der Waals surface area contributed by atoms with Gasteiger partial charge in [-0.05, 0) is 82.5 Å². The van der Waals surface area contributed by atoms with Crippen LogP contribution in [0, 0.1) is 39.1 Å². The summed E-state index contributed by atoms with van der Waals surface area (Å²) in [5.41, 5.74) is 1.59. The molecule has 3 amide bonds. The molecular weight excluding hydrogens is 515 g/mol. The maximum absolute atomic E-state index is 13.6. The minimum Gasteiger partial charge on any atom is -0.324 e. The average molecular weight is 538 g/mol. The van der Waals surface area contributed by atoms with Gasteiger partial charge in [-0.15, -0.1) is 0 Å². The topological polar surface area (TPSA) is 66.5 Å². The van der Waals surface area contributed by atoms with Gasteiger partial charge in [0.25, 0.3) is 0 Å². The number of carbonyl (C=O) groups is 3. The van der Waals surface area contributed by atoms with E-state index in [1.165, 1.54) is 4.90 Å². The lowest BCUT2D eigenvalue weighted by atomic mass is 9.63. The molecule has 1 N–H and O–H groups in total. The molecule has 7 rings (SSSR count). The SMILES string of the molecule is O=C(Nc1ccc(I)cc1)[C@@H](Cc1ccccc1)N1C(=O)[C@H]2[C@@H]3C=C[C@H]([C@H]4C[C@H]34)[C@@H]2C1=O. The number of hydrogen-bond donors (Lipinski definition) is 1. The number of carbonyl (C=O) groups excluding carboxylic acids is 3. The van der Waals surface area contributed by atoms with Crippen molar-refractivity contribution in [2.75, 3.05) is 5.32 Å². The monoisotopic (exact) mass is 538 g/mol. The highest BCUT2D eigenvalue weighted by Gasteiger charge is 2.67. The Balaban J connectivity index is 1.33. The Labute approximate surface area is 200 Å². The number of imide groups is 1. The highest BCUT2D eigenvalue weighted by atomic mass is 127. The van der Waals surface area contributed by atoms with Crippen LogP contribution in [0.1, 0.15) is 12.0 Å². The molecule has 2 aromatic rings. The van der Waals surface area contributed by atoms with Crippen molar-refractivity contribution in [3.8, 4) is 0 Å². The van der Waals surface area contributed by atoms with Crippen LogP contribution in [-0.2, 0) is 20.8 Å². The maximum Gasteiger partial charge on any atom is 0.248 e. The number of hydrogen-bond acceptors (Lipinski definition) is 3. The van der Waals surface area contributed by atoms with E-state index in [1.807, 2.05) is 54.6 Å². The first kappa shape index (κ1) is 20.1. The third-order valence-corrected chi connectivity index (χ3v) is 8.41. The minimum absolute atomic E-state index is 0.146. The summed E-state index contributed by atoms with van der Waals surface area (Å²) in [7, 11) is 0. The summed E-state index contributed by atoms with van der Waals surface area (Å²) in [6, 6.07) is 16.3. The second kappa shape index (κ2) is 7.54. The van der Waals surface area contributed by atoms with Crippen molar-refractivity contribution in [3.05, 3.63) is 75.9 Å². The summed E-state index contributed by atoms with van der Waals surface area (Å²) in [6.07, 6.45) is 5.75. The molecule has 1 aliphatic heterocycles. The molecule has 1 saturated heterocycles. The fourth-order valence-electron chi connectivity index (χ4n) is 6.18. The normalized spacial score (nSPS) is 32.5. The van der Waals surface area contributed by atoms with E-state index in [0.717, 1.165) is 15.6 Å². The van der Waals surface area contributed by atoms with Crippen LogP contribution in [0.4, 0.5) is 5.69 Å². The summed E-state index contributed by atoms with van der Waals surface area (Å²) >= 11 is 2.21. The first-order chi connectivity index (χ1) is 15.5. The van der Waals surface area contributed by atoms with Gasteiger partial charge in [0.1, 0.15) is 6.04 Å². The number of allylic oxidation sites excluding steroid dienone is 2. The van der Waals surface area contributed by atoms with E-state index in [1.54, 1.807) is 0 Å². The largest absolute Gasteiger partial charge is 0.324 e. The van der Waals surface area contributed by atoms with Gasteiger partial charge in [-0.3, -0.25) is 19.3 Å². The van der Waals surface area contributed by atoms with E-state index < -0.39 is 6.04 Å². The molecule has 6 heteroatoms. The molecule has 2 saturated carbocycles. The smallest absolute Gasteiger partial charge is 0.248 e. The summed E-state index contributed by atoms with van der Waals surface area (Å²) in [6.45, 7) is 0. The Kier molecular flexibility index (Phi) is 4.75. The van der Waals surface area contributed by atoms with Crippen LogP contribution in [-0.4, -0.2) is 28.7 Å². The lowest BCUT2D eigenvalue weighted by Crippen LogP contribution is -2.49. The van der Waals surface area contributed by atoms with E-state index in [-0.39, 0.29) is 41.4 Å². The van der Waals surface area contributed by atoms with Crippen molar-refractivity contribution in [1.29, 1.82) is 0 Å². The number of amides is 3. The highest BCUT2D eigenvalue weighted by molar-refractivity contribution is 14.1. The number of halogens is 1. The molecule has 0 aromatic heterocycles. The van der Waals surface area contributed by atoms with E-state index in [4.69, 9.17) is 0 Å². The fourth-order valence-corrected chi connectivity index (χ4v) is 6.54.